The van der Waals surface area contributed by atoms with Crippen molar-refractivity contribution in [3.8, 4) is 0 Å². The first-order valence-corrected chi connectivity index (χ1v) is 30.8. The second-order valence-corrected chi connectivity index (χ2v) is 23.7. The van der Waals surface area contributed by atoms with Gasteiger partial charge in [0.05, 0.1) is 119 Å². The maximum atomic E-state index is 11.8. The molecule has 0 aromatic carbocycles. The van der Waals surface area contributed by atoms with Crippen LogP contribution >= 0.6 is 23.2 Å². The van der Waals surface area contributed by atoms with Crippen molar-refractivity contribution < 1.29 is 89.4 Å². The van der Waals surface area contributed by atoms with Gasteiger partial charge in [0.2, 0.25) is 0 Å². The number of rotatable bonds is 29. The minimum absolute atomic E-state index is 0.00462. The molecular weight excluding hydrogens is 1200 g/mol. The summed E-state index contributed by atoms with van der Waals surface area (Å²) in [5.74, 6) is -1.74. The van der Waals surface area contributed by atoms with Crippen molar-refractivity contribution in [2.75, 3.05) is 5.88 Å². The maximum Gasteiger partial charge on any atom is 0.397 e. The van der Waals surface area contributed by atoms with Crippen LogP contribution in [-0.4, -0.2) is 193 Å². The van der Waals surface area contributed by atoms with E-state index in [1.807, 2.05) is 13.1 Å². The van der Waals surface area contributed by atoms with Crippen LogP contribution in [0.15, 0.2) is 31.0 Å². The Kier molecular flexibility index (Phi) is 20.7. The molecule has 0 unspecified atom stereocenters. The normalized spacial score (nSPS) is 28.5. The first-order chi connectivity index (χ1) is 39.0. The molecule has 456 valence electrons. The van der Waals surface area contributed by atoms with Crippen molar-refractivity contribution in [3.05, 3.63) is 59.5 Å². The van der Waals surface area contributed by atoms with Crippen LogP contribution in [0.1, 0.15) is 87.3 Å². The number of hydrogen-bond donors (Lipinski definition) is 3. The third-order valence-corrected chi connectivity index (χ3v) is 15.7. The summed E-state index contributed by atoms with van der Waals surface area (Å²) in [7, 11) is -14.7. The molecule has 82 heavy (non-hydrogen) atoms. The van der Waals surface area contributed by atoms with E-state index in [1.165, 1.54) is 14.0 Å². The topological polar surface area (TPSA) is 418 Å². The smallest absolute Gasteiger partial charge is 0.369 e. The zero-order chi connectivity index (χ0) is 58.2. The van der Waals surface area contributed by atoms with Crippen LogP contribution in [0, 0.1) is 0 Å². The number of nitrogens with zero attached hydrogens (tertiary/aromatic N) is 15. The number of aromatic nitrogens is 15. The predicted molar refractivity (Wildman–Crippen MR) is 270 cm³/mol. The minimum atomic E-state index is -4.92. The Bertz CT molecular complexity index is 3210. The lowest BCUT2D eigenvalue weighted by Gasteiger charge is -2.37. The molecule has 4 fully saturated rings. The molecule has 12 atom stereocenters. The summed E-state index contributed by atoms with van der Waals surface area (Å²) in [4.78, 5) is 0. The molecule has 0 spiro atoms. The van der Waals surface area contributed by atoms with E-state index in [4.69, 9.17) is 73.6 Å². The van der Waals surface area contributed by atoms with Gasteiger partial charge in [-0.1, -0.05) is 33.0 Å². The lowest BCUT2D eigenvalue weighted by Crippen LogP contribution is -2.44. The molecule has 0 bridgehead atoms. The first-order valence-electron chi connectivity index (χ1n) is 25.8. The Morgan fingerprint density at radius 2 is 1.02 bits per heavy atom. The van der Waals surface area contributed by atoms with Crippen LogP contribution in [0.3, 0.4) is 0 Å². The minimum Gasteiger partial charge on any atom is -0.369 e. The zero-order valence-electron chi connectivity index (χ0n) is 43.9. The number of halogens is 2. The highest BCUT2D eigenvalue weighted by molar-refractivity contribution is 7.81. The Labute approximate surface area is 479 Å². The Morgan fingerprint density at radius 3 is 1.49 bits per heavy atom. The highest BCUT2D eigenvalue weighted by atomic mass is 35.5. The molecular formula is C42H61Cl2N15O20S3. The lowest BCUT2D eigenvalue weighted by atomic mass is 10.1. The first kappa shape index (κ1) is 62.1. The SMILES string of the molecule is CCc1cn(CCn2cc(CO[C@@H]3O[C@H](Cn4cc(CO[C@H]5O[C@H](Cn6cc(COCc7cn(C[C@H]8O[C@@](CCl)(O[C@@H]9CC[C@@H](Cl)[C@@H](C)O9)C[C@@H]8OS(=O)(=O)O)nn7)nn6)CC[C@@H]5OS(=O)(=O)O)nn4)CC[C@@H]3OS(=O)(=O)O)nn2)nn1. The van der Waals surface area contributed by atoms with Crippen molar-refractivity contribution in [2.24, 2.45) is 0 Å². The van der Waals surface area contributed by atoms with Gasteiger partial charge in [-0.3, -0.25) is 23.0 Å². The number of alkyl halides is 2. The molecule has 40 heteroatoms. The van der Waals surface area contributed by atoms with Crippen molar-refractivity contribution in [2.45, 2.75) is 197 Å². The summed E-state index contributed by atoms with van der Waals surface area (Å²) < 4.78 is 170. The van der Waals surface area contributed by atoms with Gasteiger partial charge in [-0.2, -0.15) is 25.3 Å². The maximum absolute atomic E-state index is 11.8. The summed E-state index contributed by atoms with van der Waals surface area (Å²) in [6, 6.07) is 0. The van der Waals surface area contributed by atoms with E-state index in [0.717, 1.165) is 12.1 Å². The van der Waals surface area contributed by atoms with E-state index in [2.05, 4.69) is 51.6 Å². The van der Waals surface area contributed by atoms with Crippen LogP contribution < -0.4 is 0 Å². The number of hydrogen-bond acceptors (Lipinski definition) is 27. The van der Waals surface area contributed by atoms with Gasteiger partial charge in [0.1, 0.15) is 47.2 Å². The van der Waals surface area contributed by atoms with E-state index in [9.17, 15) is 38.9 Å². The molecule has 0 aliphatic carbocycles. The van der Waals surface area contributed by atoms with Crippen molar-refractivity contribution in [3.63, 3.8) is 0 Å². The van der Waals surface area contributed by atoms with Crippen molar-refractivity contribution in [1.82, 2.24) is 75.0 Å². The van der Waals surface area contributed by atoms with Gasteiger partial charge in [-0.05, 0) is 45.4 Å². The second-order valence-electron chi connectivity index (χ2n) is 19.7. The Morgan fingerprint density at radius 1 is 0.585 bits per heavy atom. The molecule has 0 radical (unpaired) electrons. The van der Waals surface area contributed by atoms with Gasteiger partial charge in [-0.25, -0.2) is 26.6 Å². The van der Waals surface area contributed by atoms with Gasteiger partial charge >= 0.3 is 31.2 Å². The largest absolute Gasteiger partial charge is 0.397 e. The molecule has 5 aromatic heterocycles. The van der Waals surface area contributed by atoms with Gasteiger partial charge in [-0.15, -0.1) is 48.7 Å². The molecule has 0 amide bonds. The molecule has 9 heterocycles. The summed E-state index contributed by atoms with van der Waals surface area (Å²) in [5.41, 5.74) is 2.39. The van der Waals surface area contributed by atoms with Gasteiger partial charge < -0.3 is 37.9 Å². The van der Waals surface area contributed by atoms with E-state index < -0.39 is 92.5 Å². The molecule has 35 nitrogen and oxygen atoms in total. The van der Waals surface area contributed by atoms with Crippen molar-refractivity contribution >= 4 is 54.4 Å². The van der Waals surface area contributed by atoms with Gasteiger partial charge in [0.25, 0.3) is 0 Å². The molecule has 0 saturated carbocycles. The average Bonchev–Trinajstić information content (AvgIpc) is 3.88. The monoisotopic (exact) mass is 1260 g/mol. The highest BCUT2D eigenvalue weighted by Gasteiger charge is 2.52. The van der Waals surface area contributed by atoms with Gasteiger partial charge in [0, 0.05) is 19.0 Å². The standard InChI is InChI=1S/C42H61Cl2N15O20S3/c1-3-27-13-55(50-45-27)10-11-56-14-30(48-51-56)23-70-40-35(77-80(60,61)62)8-5-33(74-40)19-58-17-31(49-53-58)24-71-41-36(78-81(63,64)65)7-4-32(73-41)18-57-15-28(46-52-57)21-69-22-29-16-59(54-47-29)20-38-37(79-82(66,67)68)12-42(25-43,75-38)76-39-9-6-34(44)26(2)72-39/h13-17,26,32-41H,3-12,18-25H2,1-2H3,(H,60,61,62)(H,63,64,65)(H,66,67,68)/t26-,32+,33+,34-,35+,36+,37+,38-,39-,40-,41+,42-/m1/s1. The van der Waals surface area contributed by atoms with Crippen LogP contribution in [0.5, 0.6) is 0 Å². The van der Waals surface area contributed by atoms with E-state index >= 15 is 0 Å². The summed E-state index contributed by atoms with van der Waals surface area (Å²) in [6.07, 6.45) is 1.09. The van der Waals surface area contributed by atoms with E-state index in [-0.39, 0.29) is 95.5 Å². The third kappa shape index (κ3) is 18.3. The summed E-state index contributed by atoms with van der Waals surface area (Å²) >= 11 is 12.6. The number of ether oxygens (including phenoxy) is 8. The van der Waals surface area contributed by atoms with E-state index in [1.54, 1.807) is 41.1 Å². The van der Waals surface area contributed by atoms with Crippen LogP contribution in [0.25, 0.3) is 0 Å². The lowest BCUT2D eigenvalue weighted by molar-refractivity contribution is -0.309. The van der Waals surface area contributed by atoms with E-state index in [0.29, 0.717) is 48.7 Å². The Balaban J connectivity index is 0.734. The molecule has 4 aliphatic rings. The predicted octanol–water partition coefficient (Wildman–Crippen LogP) is 0.504. The second kappa shape index (κ2) is 27.3. The third-order valence-electron chi connectivity index (χ3n) is 13.2. The zero-order valence-corrected chi connectivity index (χ0v) is 47.9. The molecule has 4 aliphatic heterocycles. The average molecular weight is 1260 g/mol. The van der Waals surface area contributed by atoms with Crippen LogP contribution in [0.2, 0.25) is 0 Å². The fourth-order valence-corrected chi connectivity index (χ4v) is 11.3. The number of aryl methyl sites for hydroxylation is 3. The molecule has 5 aromatic rings. The highest BCUT2D eigenvalue weighted by Crippen LogP contribution is 2.39. The van der Waals surface area contributed by atoms with Crippen LogP contribution in [0.4, 0.5) is 0 Å². The van der Waals surface area contributed by atoms with Gasteiger partial charge in [0.15, 0.2) is 24.7 Å². The summed E-state index contributed by atoms with van der Waals surface area (Å²) in [6.45, 7) is 4.49. The Hall–Kier alpha value is -4.43. The summed E-state index contributed by atoms with van der Waals surface area (Å²) in [5, 5.41) is 41.0. The fraction of sp³-hybridized carbons (Fsp3) is 0.762. The quantitative estimate of drug-likeness (QED) is 0.0433. The van der Waals surface area contributed by atoms with Crippen molar-refractivity contribution in [1.29, 1.82) is 0 Å². The molecule has 4 saturated heterocycles. The van der Waals surface area contributed by atoms with Crippen LogP contribution in [-0.2, 0) is 147 Å². The molecule has 3 N–H and O–H groups in total. The fourth-order valence-electron chi connectivity index (χ4n) is 9.42. The molecule has 9 rings (SSSR count).